The molecule has 0 unspecified atom stereocenters. The van der Waals surface area contributed by atoms with E-state index in [1.165, 1.54) is 7.11 Å². The predicted octanol–water partition coefficient (Wildman–Crippen LogP) is 4.02. The van der Waals surface area contributed by atoms with Crippen LogP contribution in [-0.2, 0) is 27.3 Å². The van der Waals surface area contributed by atoms with Gasteiger partial charge >= 0.3 is 5.97 Å². The zero-order chi connectivity index (χ0) is 22.1. The molecule has 3 aromatic carbocycles. The van der Waals surface area contributed by atoms with Gasteiger partial charge in [-0.05, 0) is 35.4 Å². The Bertz CT molecular complexity index is 1000. The summed E-state index contributed by atoms with van der Waals surface area (Å²) in [6.07, 6.45) is 0.0255. The zero-order valence-corrected chi connectivity index (χ0v) is 17.6. The highest BCUT2D eigenvalue weighted by molar-refractivity contribution is 5.95. The number of carbonyl (C=O) groups is 2. The Morgan fingerprint density at radius 3 is 2.06 bits per heavy atom. The molecule has 31 heavy (non-hydrogen) atoms. The summed E-state index contributed by atoms with van der Waals surface area (Å²) in [5.74, 6) is 0.320. The SMILES string of the molecule is COc1ccc(CC(=O)OCC(=O)N(Cc2ccccc2)c2ccccc2)cc1OC. The van der Waals surface area contributed by atoms with Gasteiger partial charge in [-0.3, -0.25) is 9.59 Å². The number of para-hydroxylation sites is 1. The molecule has 3 aromatic rings. The van der Waals surface area contributed by atoms with Crippen LogP contribution in [0.25, 0.3) is 0 Å². The number of methoxy groups -OCH3 is 2. The van der Waals surface area contributed by atoms with Crippen molar-refractivity contribution in [1.82, 2.24) is 0 Å². The summed E-state index contributed by atoms with van der Waals surface area (Å²) >= 11 is 0. The molecule has 0 aromatic heterocycles. The molecule has 0 bridgehead atoms. The molecule has 160 valence electrons. The summed E-state index contributed by atoms with van der Waals surface area (Å²) in [5.41, 5.74) is 2.43. The van der Waals surface area contributed by atoms with Crippen LogP contribution in [0.2, 0.25) is 0 Å². The summed E-state index contributed by atoms with van der Waals surface area (Å²) in [5, 5.41) is 0. The van der Waals surface area contributed by atoms with Crippen LogP contribution < -0.4 is 14.4 Å². The van der Waals surface area contributed by atoms with Crippen LogP contribution in [0.4, 0.5) is 5.69 Å². The van der Waals surface area contributed by atoms with Gasteiger partial charge in [0.25, 0.3) is 5.91 Å². The topological polar surface area (TPSA) is 65.1 Å². The molecule has 0 heterocycles. The number of hydrogen-bond donors (Lipinski definition) is 0. The zero-order valence-electron chi connectivity index (χ0n) is 17.6. The van der Waals surface area contributed by atoms with E-state index >= 15 is 0 Å². The normalized spacial score (nSPS) is 10.3. The largest absolute Gasteiger partial charge is 0.493 e. The number of amides is 1. The lowest BCUT2D eigenvalue weighted by Gasteiger charge is -2.23. The number of esters is 1. The molecule has 6 nitrogen and oxygen atoms in total. The van der Waals surface area contributed by atoms with Gasteiger partial charge in [-0.25, -0.2) is 0 Å². The van der Waals surface area contributed by atoms with E-state index in [0.717, 1.165) is 11.3 Å². The second-order valence-electron chi connectivity index (χ2n) is 6.83. The van der Waals surface area contributed by atoms with Crippen molar-refractivity contribution in [2.45, 2.75) is 13.0 Å². The molecule has 1 amide bonds. The van der Waals surface area contributed by atoms with Crippen molar-refractivity contribution in [1.29, 1.82) is 0 Å². The molecule has 0 saturated carbocycles. The Morgan fingerprint density at radius 1 is 0.774 bits per heavy atom. The standard InChI is InChI=1S/C25H25NO5/c1-29-22-14-13-20(15-23(22)30-2)16-25(28)31-18-24(27)26(21-11-7-4-8-12-21)17-19-9-5-3-6-10-19/h3-15H,16-18H2,1-2H3. The molecule has 0 spiro atoms. The number of anilines is 1. The third-order valence-corrected chi connectivity index (χ3v) is 4.71. The van der Waals surface area contributed by atoms with Gasteiger partial charge in [0.2, 0.25) is 0 Å². The van der Waals surface area contributed by atoms with Gasteiger partial charge in [-0.2, -0.15) is 0 Å². The minimum absolute atomic E-state index is 0.0255. The average molecular weight is 419 g/mol. The van der Waals surface area contributed by atoms with Crippen LogP contribution in [0.15, 0.2) is 78.9 Å². The maximum absolute atomic E-state index is 12.9. The van der Waals surface area contributed by atoms with E-state index in [0.29, 0.717) is 23.6 Å². The van der Waals surface area contributed by atoms with Gasteiger partial charge in [0.15, 0.2) is 18.1 Å². The second kappa shape index (κ2) is 10.8. The highest BCUT2D eigenvalue weighted by atomic mass is 16.5. The van der Waals surface area contributed by atoms with Gasteiger partial charge in [-0.1, -0.05) is 54.6 Å². The van der Waals surface area contributed by atoms with Crippen molar-refractivity contribution in [3.05, 3.63) is 90.0 Å². The molecule has 0 saturated heterocycles. The molecule has 6 heteroatoms. The third-order valence-electron chi connectivity index (χ3n) is 4.71. The van der Waals surface area contributed by atoms with E-state index in [1.54, 1.807) is 30.2 Å². The number of benzene rings is 3. The summed E-state index contributed by atoms with van der Waals surface area (Å²) in [7, 11) is 3.08. The molecule has 3 rings (SSSR count). The fourth-order valence-corrected chi connectivity index (χ4v) is 3.13. The smallest absolute Gasteiger partial charge is 0.310 e. The van der Waals surface area contributed by atoms with E-state index in [1.807, 2.05) is 60.7 Å². The van der Waals surface area contributed by atoms with Crippen LogP contribution in [0, 0.1) is 0 Å². The Morgan fingerprint density at radius 2 is 1.42 bits per heavy atom. The first kappa shape index (κ1) is 21.9. The van der Waals surface area contributed by atoms with E-state index < -0.39 is 5.97 Å². The monoisotopic (exact) mass is 419 g/mol. The molecular weight excluding hydrogens is 394 g/mol. The van der Waals surface area contributed by atoms with E-state index in [-0.39, 0.29) is 18.9 Å². The second-order valence-corrected chi connectivity index (χ2v) is 6.83. The first-order valence-electron chi connectivity index (χ1n) is 9.86. The summed E-state index contributed by atoms with van der Waals surface area (Å²) in [6, 6.07) is 24.2. The van der Waals surface area contributed by atoms with Crippen LogP contribution >= 0.6 is 0 Å². The van der Waals surface area contributed by atoms with E-state index in [2.05, 4.69) is 0 Å². The van der Waals surface area contributed by atoms with Crippen LogP contribution in [0.5, 0.6) is 11.5 Å². The van der Waals surface area contributed by atoms with Crippen molar-refractivity contribution in [2.75, 3.05) is 25.7 Å². The van der Waals surface area contributed by atoms with Gasteiger partial charge in [0.1, 0.15) is 0 Å². The van der Waals surface area contributed by atoms with Gasteiger partial charge in [0.05, 0.1) is 27.2 Å². The highest BCUT2D eigenvalue weighted by Gasteiger charge is 2.18. The number of carbonyl (C=O) groups excluding carboxylic acids is 2. The van der Waals surface area contributed by atoms with Crippen LogP contribution in [0.3, 0.4) is 0 Å². The Labute approximate surface area is 182 Å². The molecule has 0 atom stereocenters. The fraction of sp³-hybridized carbons (Fsp3) is 0.200. The van der Waals surface area contributed by atoms with E-state index in [4.69, 9.17) is 14.2 Å². The minimum Gasteiger partial charge on any atom is -0.493 e. The maximum Gasteiger partial charge on any atom is 0.310 e. The quantitative estimate of drug-likeness (QED) is 0.490. The van der Waals surface area contributed by atoms with E-state index in [9.17, 15) is 9.59 Å². The molecule has 0 N–H and O–H groups in total. The number of ether oxygens (including phenoxy) is 3. The van der Waals surface area contributed by atoms with Crippen molar-refractivity contribution in [2.24, 2.45) is 0 Å². The first-order valence-corrected chi connectivity index (χ1v) is 9.86. The Kier molecular flexibility index (Phi) is 7.65. The minimum atomic E-state index is -0.492. The van der Waals surface area contributed by atoms with Crippen LogP contribution in [0.1, 0.15) is 11.1 Å². The maximum atomic E-state index is 12.9. The highest BCUT2D eigenvalue weighted by Crippen LogP contribution is 2.27. The van der Waals surface area contributed by atoms with Gasteiger partial charge in [-0.15, -0.1) is 0 Å². The van der Waals surface area contributed by atoms with Crippen molar-refractivity contribution >= 4 is 17.6 Å². The molecule has 0 radical (unpaired) electrons. The molecule has 0 aliphatic rings. The third kappa shape index (κ3) is 6.09. The molecule has 0 aliphatic heterocycles. The molecular formula is C25H25NO5. The lowest BCUT2D eigenvalue weighted by Crippen LogP contribution is -2.34. The van der Waals surface area contributed by atoms with Crippen LogP contribution in [-0.4, -0.2) is 32.7 Å². The summed E-state index contributed by atoms with van der Waals surface area (Å²) < 4.78 is 15.7. The van der Waals surface area contributed by atoms with Crippen molar-refractivity contribution in [3.8, 4) is 11.5 Å². The number of nitrogens with zero attached hydrogens (tertiary/aromatic N) is 1. The predicted molar refractivity (Wildman–Crippen MR) is 118 cm³/mol. The Hall–Kier alpha value is -3.80. The average Bonchev–Trinajstić information content (AvgIpc) is 2.82. The summed E-state index contributed by atoms with van der Waals surface area (Å²) in [6.45, 7) is 0.0464. The van der Waals surface area contributed by atoms with Gasteiger partial charge in [0, 0.05) is 5.69 Å². The number of rotatable bonds is 9. The lowest BCUT2D eigenvalue weighted by atomic mass is 10.1. The van der Waals surface area contributed by atoms with Crippen molar-refractivity contribution in [3.63, 3.8) is 0 Å². The lowest BCUT2D eigenvalue weighted by molar-refractivity contribution is -0.147. The molecule has 0 aliphatic carbocycles. The fourth-order valence-electron chi connectivity index (χ4n) is 3.13. The molecule has 0 fully saturated rings. The van der Waals surface area contributed by atoms with Gasteiger partial charge < -0.3 is 19.1 Å². The number of hydrogen-bond acceptors (Lipinski definition) is 5. The Balaban J connectivity index is 1.64. The first-order chi connectivity index (χ1) is 15.1. The summed E-state index contributed by atoms with van der Waals surface area (Å²) in [4.78, 5) is 26.8. The van der Waals surface area contributed by atoms with Crippen molar-refractivity contribution < 1.29 is 23.8 Å².